The molecule has 1 fully saturated rings. The van der Waals surface area contributed by atoms with Crippen LogP contribution >= 0.6 is 0 Å². The lowest BCUT2D eigenvalue weighted by Gasteiger charge is -2.22. The SMILES string of the molecule is Cc1nn(C2CCCCO2)c2ncc(C#N)cc12. The highest BCUT2D eigenvalue weighted by Crippen LogP contribution is 2.27. The molecular weight excluding hydrogens is 228 g/mol. The van der Waals surface area contributed by atoms with E-state index in [1.165, 1.54) is 0 Å². The van der Waals surface area contributed by atoms with Crippen molar-refractivity contribution in [2.75, 3.05) is 6.61 Å². The zero-order chi connectivity index (χ0) is 12.5. The van der Waals surface area contributed by atoms with E-state index < -0.39 is 0 Å². The minimum absolute atomic E-state index is 0.0182. The predicted octanol–water partition coefficient (Wildman–Crippen LogP) is 2.31. The molecule has 92 valence electrons. The maximum Gasteiger partial charge on any atom is 0.160 e. The molecule has 1 atom stereocenters. The number of aromatic nitrogens is 3. The van der Waals surface area contributed by atoms with Gasteiger partial charge in [-0.3, -0.25) is 0 Å². The molecule has 1 unspecified atom stereocenters. The average Bonchev–Trinajstić information content (AvgIpc) is 2.77. The third kappa shape index (κ3) is 1.75. The van der Waals surface area contributed by atoms with Gasteiger partial charge in [-0.1, -0.05) is 0 Å². The third-order valence-electron chi connectivity index (χ3n) is 3.29. The molecule has 2 aromatic rings. The number of hydrogen-bond donors (Lipinski definition) is 0. The first-order valence-corrected chi connectivity index (χ1v) is 6.16. The third-order valence-corrected chi connectivity index (χ3v) is 3.29. The van der Waals surface area contributed by atoms with Gasteiger partial charge in [0.2, 0.25) is 0 Å². The summed E-state index contributed by atoms with van der Waals surface area (Å²) in [4.78, 5) is 4.35. The van der Waals surface area contributed by atoms with E-state index >= 15 is 0 Å². The normalized spacial score (nSPS) is 19.9. The van der Waals surface area contributed by atoms with Crippen molar-refractivity contribution in [2.45, 2.75) is 32.4 Å². The van der Waals surface area contributed by atoms with Crippen molar-refractivity contribution in [3.05, 3.63) is 23.5 Å². The summed E-state index contributed by atoms with van der Waals surface area (Å²) in [5, 5.41) is 14.3. The van der Waals surface area contributed by atoms with Crippen LogP contribution in [0.2, 0.25) is 0 Å². The molecule has 3 rings (SSSR count). The summed E-state index contributed by atoms with van der Waals surface area (Å²) in [7, 11) is 0. The highest BCUT2D eigenvalue weighted by atomic mass is 16.5. The number of ether oxygens (including phenoxy) is 1. The summed E-state index contributed by atoms with van der Waals surface area (Å²) in [5.74, 6) is 0. The number of nitrogens with zero attached hydrogens (tertiary/aromatic N) is 4. The van der Waals surface area contributed by atoms with E-state index in [2.05, 4.69) is 16.2 Å². The fourth-order valence-corrected chi connectivity index (χ4v) is 2.35. The Morgan fingerprint density at radius 3 is 3.11 bits per heavy atom. The van der Waals surface area contributed by atoms with Crippen molar-refractivity contribution in [2.24, 2.45) is 0 Å². The molecule has 0 N–H and O–H groups in total. The molecule has 0 aromatic carbocycles. The number of aryl methyl sites for hydroxylation is 1. The molecule has 18 heavy (non-hydrogen) atoms. The topological polar surface area (TPSA) is 63.7 Å². The molecule has 0 saturated carbocycles. The monoisotopic (exact) mass is 242 g/mol. The second kappa shape index (κ2) is 4.39. The van der Waals surface area contributed by atoms with Crippen molar-refractivity contribution < 1.29 is 4.74 Å². The molecule has 5 heteroatoms. The number of fused-ring (bicyclic) bond motifs is 1. The van der Waals surface area contributed by atoms with Crippen molar-refractivity contribution in [3.63, 3.8) is 0 Å². The summed E-state index contributed by atoms with van der Waals surface area (Å²) in [6.07, 6.45) is 4.80. The van der Waals surface area contributed by atoms with E-state index in [0.29, 0.717) is 5.56 Å². The standard InChI is InChI=1S/C13H14N4O/c1-9-11-6-10(7-14)8-15-13(11)17(16-9)12-4-2-3-5-18-12/h6,8,12H,2-5H2,1H3. The van der Waals surface area contributed by atoms with E-state index in [-0.39, 0.29) is 6.23 Å². The average molecular weight is 242 g/mol. The molecule has 0 amide bonds. The summed E-state index contributed by atoms with van der Waals surface area (Å²) < 4.78 is 7.59. The van der Waals surface area contributed by atoms with Gasteiger partial charge in [0.15, 0.2) is 11.9 Å². The van der Waals surface area contributed by atoms with Crippen LogP contribution in [0.5, 0.6) is 0 Å². The van der Waals surface area contributed by atoms with Gasteiger partial charge in [0.1, 0.15) is 6.07 Å². The van der Waals surface area contributed by atoms with E-state index in [1.54, 1.807) is 6.20 Å². The van der Waals surface area contributed by atoms with E-state index in [0.717, 1.165) is 42.6 Å². The minimum Gasteiger partial charge on any atom is -0.356 e. The second-order valence-corrected chi connectivity index (χ2v) is 4.56. The first-order valence-electron chi connectivity index (χ1n) is 6.16. The first-order chi connectivity index (χ1) is 8.79. The Morgan fingerprint density at radius 2 is 2.39 bits per heavy atom. The summed E-state index contributed by atoms with van der Waals surface area (Å²) in [6, 6.07) is 3.94. The Hall–Kier alpha value is -1.93. The quantitative estimate of drug-likeness (QED) is 0.769. The van der Waals surface area contributed by atoms with Gasteiger partial charge in [-0.2, -0.15) is 10.4 Å². The maximum atomic E-state index is 8.90. The Kier molecular flexibility index (Phi) is 2.73. The van der Waals surface area contributed by atoms with Crippen LogP contribution in [0.1, 0.15) is 36.7 Å². The van der Waals surface area contributed by atoms with Gasteiger partial charge < -0.3 is 4.74 Å². The Balaban J connectivity index is 2.10. The summed E-state index contributed by atoms with van der Waals surface area (Å²) >= 11 is 0. The van der Waals surface area contributed by atoms with E-state index in [9.17, 15) is 0 Å². The van der Waals surface area contributed by atoms with Crippen LogP contribution in [0.25, 0.3) is 11.0 Å². The molecule has 5 nitrogen and oxygen atoms in total. The Labute approximate surface area is 105 Å². The summed E-state index contributed by atoms with van der Waals surface area (Å²) in [6.45, 7) is 2.71. The van der Waals surface area contributed by atoms with Crippen LogP contribution in [0.3, 0.4) is 0 Å². The van der Waals surface area contributed by atoms with Gasteiger partial charge in [-0.15, -0.1) is 0 Å². The highest BCUT2D eigenvalue weighted by Gasteiger charge is 2.20. The lowest BCUT2D eigenvalue weighted by molar-refractivity contribution is -0.0371. The fourth-order valence-electron chi connectivity index (χ4n) is 2.35. The second-order valence-electron chi connectivity index (χ2n) is 4.56. The van der Waals surface area contributed by atoms with Gasteiger partial charge >= 0.3 is 0 Å². The summed E-state index contributed by atoms with van der Waals surface area (Å²) in [5.41, 5.74) is 2.26. The van der Waals surface area contributed by atoms with Crippen molar-refractivity contribution in [1.82, 2.24) is 14.8 Å². The van der Waals surface area contributed by atoms with E-state index in [1.807, 2.05) is 17.7 Å². The number of pyridine rings is 1. The van der Waals surface area contributed by atoms with Gasteiger partial charge in [0.25, 0.3) is 0 Å². The van der Waals surface area contributed by atoms with Crippen LogP contribution < -0.4 is 0 Å². The molecule has 0 spiro atoms. The molecule has 2 aromatic heterocycles. The Bertz CT molecular complexity index is 620. The molecule has 0 aliphatic carbocycles. The van der Waals surface area contributed by atoms with Crippen molar-refractivity contribution in [3.8, 4) is 6.07 Å². The van der Waals surface area contributed by atoms with Gasteiger partial charge in [-0.05, 0) is 32.3 Å². The Morgan fingerprint density at radius 1 is 1.50 bits per heavy atom. The van der Waals surface area contributed by atoms with Crippen LogP contribution in [0.15, 0.2) is 12.3 Å². The van der Waals surface area contributed by atoms with Gasteiger partial charge in [0, 0.05) is 18.2 Å². The van der Waals surface area contributed by atoms with Crippen molar-refractivity contribution >= 4 is 11.0 Å². The molecular formula is C13H14N4O. The molecule has 3 heterocycles. The van der Waals surface area contributed by atoms with E-state index in [4.69, 9.17) is 10.00 Å². The number of hydrogen-bond acceptors (Lipinski definition) is 4. The zero-order valence-electron chi connectivity index (χ0n) is 10.3. The fraction of sp³-hybridized carbons (Fsp3) is 0.462. The van der Waals surface area contributed by atoms with Crippen LogP contribution in [0, 0.1) is 18.3 Å². The predicted molar refractivity (Wildman–Crippen MR) is 65.8 cm³/mol. The van der Waals surface area contributed by atoms with Gasteiger partial charge in [-0.25, -0.2) is 9.67 Å². The number of rotatable bonds is 1. The van der Waals surface area contributed by atoms with Crippen LogP contribution in [-0.2, 0) is 4.74 Å². The zero-order valence-corrected chi connectivity index (χ0v) is 10.3. The van der Waals surface area contributed by atoms with Crippen LogP contribution in [-0.4, -0.2) is 21.4 Å². The smallest absolute Gasteiger partial charge is 0.160 e. The molecule has 1 aliphatic rings. The molecule has 1 aliphatic heterocycles. The van der Waals surface area contributed by atoms with Crippen molar-refractivity contribution in [1.29, 1.82) is 5.26 Å². The minimum atomic E-state index is -0.0182. The molecule has 1 saturated heterocycles. The first kappa shape index (κ1) is 11.2. The largest absolute Gasteiger partial charge is 0.356 e. The van der Waals surface area contributed by atoms with Crippen LogP contribution in [0.4, 0.5) is 0 Å². The lowest BCUT2D eigenvalue weighted by atomic mass is 10.2. The molecule has 0 bridgehead atoms. The number of nitriles is 1. The lowest BCUT2D eigenvalue weighted by Crippen LogP contribution is -2.19. The van der Waals surface area contributed by atoms with Gasteiger partial charge in [0.05, 0.1) is 11.3 Å². The maximum absolute atomic E-state index is 8.90. The molecule has 0 radical (unpaired) electrons. The highest BCUT2D eigenvalue weighted by molar-refractivity contribution is 5.79.